The molecule has 1 N–H and O–H groups in total. The molecule has 1 aliphatic rings. The Kier molecular flexibility index (Phi) is 6.72. The second-order valence-electron chi connectivity index (χ2n) is 9.46. The van der Waals surface area contributed by atoms with Crippen molar-refractivity contribution in [3.05, 3.63) is 101 Å². The highest BCUT2D eigenvalue weighted by atomic mass is 19.1. The Morgan fingerprint density at radius 1 is 1.06 bits per heavy atom. The van der Waals surface area contributed by atoms with Crippen LogP contribution in [0.4, 0.5) is 14.5 Å². The minimum Gasteiger partial charge on any atom is -0.371 e. The Labute approximate surface area is 209 Å². The number of rotatable bonds is 6. The lowest BCUT2D eigenvalue weighted by atomic mass is 9.88. The van der Waals surface area contributed by atoms with Gasteiger partial charge in [0, 0.05) is 43.1 Å². The third-order valence-corrected chi connectivity index (χ3v) is 7.09. The van der Waals surface area contributed by atoms with Crippen LogP contribution in [-0.4, -0.2) is 28.4 Å². The zero-order chi connectivity index (χ0) is 25.2. The quantitative estimate of drug-likeness (QED) is 0.373. The summed E-state index contributed by atoms with van der Waals surface area (Å²) < 4.78 is 30.1. The lowest BCUT2D eigenvalue weighted by molar-refractivity contribution is 0.0943. The van der Waals surface area contributed by atoms with E-state index in [1.54, 1.807) is 16.5 Å². The first-order valence-corrected chi connectivity index (χ1v) is 12.5. The van der Waals surface area contributed by atoms with E-state index >= 15 is 0 Å². The van der Waals surface area contributed by atoms with Gasteiger partial charge in [0.25, 0.3) is 5.91 Å². The third-order valence-electron chi connectivity index (χ3n) is 7.09. The number of anilines is 1. The monoisotopic (exact) mass is 488 g/mol. The van der Waals surface area contributed by atoms with Gasteiger partial charge in [-0.25, -0.2) is 13.8 Å². The molecule has 4 aromatic rings. The zero-order valence-electron chi connectivity index (χ0n) is 20.6. The van der Waals surface area contributed by atoms with Gasteiger partial charge in [0.1, 0.15) is 23.0 Å². The molecule has 1 amide bonds. The average molecular weight is 489 g/mol. The standard InChI is InChI=1S/C29H30F2N4O/c1-3-26-28(35-15-12-23(30)17-27(35)33-26)29(36)32-18-22-7-6-21(16-25(22)31)20-10-13-34(14-11-20)24-8-4-19(2)5-9-24/h4-9,12,15-17,20H,3,10-11,13-14,18H2,1-2H3,(H,32,36). The van der Waals surface area contributed by atoms with Crippen LogP contribution in [0.1, 0.15) is 58.6 Å². The molecule has 0 saturated carbocycles. The topological polar surface area (TPSA) is 49.6 Å². The first kappa shape index (κ1) is 24.0. The van der Waals surface area contributed by atoms with E-state index in [2.05, 4.69) is 46.4 Å². The van der Waals surface area contributed by atoms with E-state index in [0.717, 1.165) is 31.5 Å². The van der Waals surface area contributed by atoms with Crippen LogP contribution in [0.25, 0.3) is 5.65 Å². The van der Waals surface area contributed by atoms with Crippen molar-refractivity contribution in [1.82, 2.24) is 14.7 Å². The lowest BCUT2D eigenvalue weighted by Gasteiger charge is -2.34. The summed E-state index contributed by atoms with van der Waals surface area (Å²) in [5.74, 6) is -0.775. The minimum atomic E-state index is -0.412. The predicted molar refractivity (Wildman–Crippen MR) is 137 cm³/mol. The fourth-order valence-corrected chi connectivity index (χ4v) is 5.00. The zero-order valence-corrected chi connectivity index (χ0v) is 20.6. The molecule has 1 fully saturated rings. The summed E-state index contributed by atoms with van der Waals surface area (Å²) >= 11 is 0. The molecule has 0 aliphatic carbocycles. The van der Waals surface area contributed by atoms with Crippen LogP contribution in [0, 0.1) is 18.6 Å². The molecular weight excluding hydrogens is 458 g/mol. The predicted octanol–water partition coefficient (Wildman–Crippen LogP) is 5.80. The minimum absolute atomic E-state index is 0.0639. The van der Waals surface area contributed by atoms with E-state index in [0.29, 0.717) is 34.9 Å². The van der Waals surface area contributed by atoms with Gasteiger partial charge in [0.05, 0.1) is 5.69 Å². The van der Waals surface area contributed by atoms with E-state index in [9.17, 15) is 13.6 Å². The number of halogens is 2. The maximum Gasteiger partial charge on any atom is 0.270 e. The van der Waals surface area contributed by atoms with Crippen molar-refractivity contribution in [2.45, 2.75) is 45.6 Å². The van der Waals surface area contributed by atoms with Gasteiger partial charge in [-0.1, -0.05) is 36.8 Å². The Morgan fingerprint density at radius 2 is 1.81 bits per heavy atom. The van der Waals surface area contributed by atoms with E-state index in [1.807, 2.05) is 13.0 Å². The van der Waals surface area contributed by atoms with Crippen LogP contribution in [0.3, 0.4) is 0 Å². The number of aromatic nitrogens is 2. The van der Waals surface area contributed by atoms with Crippen molar-refractivity contribution in [2.75, 3.05) is 18.0 Å². The lowest BCUT2D eigenvalue weighted by Crippen LogP contribution is -2.32. The van der Waals surface area contributed by atoms with Gasteiger partial charge in [0.2, 0.25) is 0 Å². The number of carbonyl (C=O) groups is 1. The number of benzene rings is 2. The molecule has 1 saturated heterocycles. The molecular formula is C29H30F2N4O. The Hall–Kier alpha value is -3.74. The summed E-state index contributed by atoms with van der Waals surface area (Å²) in [5, 5.41) is 2.81. The molecule has 0 spiro atoms. The number of nitrogens with one attached hydrogen (secondary N) is 1. The van der Waals surface area contributed by atoms with E-state index in [-0.39, 0.29) is 18.3 Å². The summed E-state index contributed by atoms with van der Waals surface area (Å²) in [5.41, 5.74) is 5.22. The van der Waals surface area contributed by atoms with Gasteiger partial charge < -0.3 is 10.2 Å². The van der Waals surface area contributed by atoms with Crippen molar-refractivity contribution in [3.8, 4) is 0 Å². The normalized spacial score (nSPS) is 14.4. The first-order valence-electron chi connectivity index (χ1n) is 12.5. The van der Waals surface area contributed by atoms with Crippen molar-refractivity contribution < 1.29 is 13.6 Å². The van der Waals surface area contributed by atoms with Crippen LogP contribution in [-0.2, 0) is 13.0 Å². The van der Waals surface area contributed by atoms with Crippen molar-refractivity contribution in [2.24, 2.45) is 0 Å². The van der Waals surface area contributed by atoms with Crippen molar-refractivity contribution >= 4 is 17.2 Å². The maximum atomic E-state index is 15.0. The second-order valence-corrected chi connectivity index (χ2v) is 9.46. The van der Waals surface area contributed by atoms with Gasteiger partial charge in [-0.05, 0) is 61.9 Å². The SMILES string of the molecule is CCc1nc2cc(F)ccn2c1C(=O)NCc1ccc(C2CCN(c3ccc(C)cc3)CC2)cc1F. The van der Waals surface area contributed by atoms with Gasteiger partial charge >= 0.3 is 0 Å². The fourth-order valence-electron chi connectivity index (χ4n) is 5.00. The van der Waals surface area contributed by atoms with Crippen molar-refractivity contribution in [3.63, 3.8) is 0 Å². The van der Waals surface area contributed by atoms with Gasteiger partial charge in [0.15, 0.2) is 0 Å². The van der Waals surface area contributed by atoms with Crippen LogP contribution in [0.15, 0.2) is 60.8 Å². The molecule has 7 heteroatoms. The summed E-state index contributed by atoms with van der Waals surface area (Å²) in [6.45, 7) is 5.92. The number of pyridine rings is 1. The smallest absolute Gasteiger partial charge is 0.270 e. The summed E-state index contributed by atoms with van der Waals surface area (Å²) in [6.07, 6.45) is 3.96. The number of imidazole rings is 1. The molecule has 5 nitrogen and oxygen atoms in total. The largest absolute Gasteiger partial charge is 0.371 e. The Bertz CT molecular complexity index is 1390. The summed E-state index contributed by atoms with van der Waals surface area (Å²) in [7, 11) is 0. The van der Waals surface area contributed by atoms with E-state index in [1.165, 1.54) is 29.6 Å². The number of hydrogen-bond donors (Lipinski definition) is 1. The molecule has 0 atom stereocenters. The molecule has 3 heterocycles. The molecule has 0 radical (unpaired) electrons. The van der Waals surface area contributed by atoms with Crippen LogP contribution in [0.2, 0.25) is 0 Å². The molecule has 186 valence electrons. The summed E-state index contributed by atoms with van der Waals surface area (Å²) in [6, 6.07) is 16.5. The number of fused-ring (bicyclic) bond motifs is 1. The number of carbonyl (C=O) groups excluding carboxylic acids is 1. The first-order chi connectivity index (χ1) is 17.4. The molecule has 2 aromatic heterocycles. The highest BCUT2D eigenvalue weighted by Gasteiger charge is 2.22. The second kappa shape index (κ2) is 10.1. The number of aryl methyl sites for hydroxylation is 2. The fraction of sp³-hybridized carbons (Fsp3) is 0.310. The van der Waals surface area contributed by atoms with Gasteiger partial charge in [-0.15, -0.1) is 0 Å². The molecule has 1 aliphatic heterocycles. The van der Waals surface area contributed by atoms with Crippen LogP contribution < -0.4 is 10.2 Å². The van der Waals surface area contributed by atoms with Crippen LogP contribution in [0.5, 0.6) is 0 Å². The number of amides is 1. The highest BCUT2D eigenvalue weighted by Crippen LogP contribution is 2.31. The number of hydrogen-bond acceptors (Lipinski definition) is 3. The van der Waals surface area contributed by atoms with E-state index < -0.39 is 5.82 Å². The van der Waals surface area contributed by atoms with Crippen molar-refractivity contribution in [1.29, 1.82) is 0 Å². The molecule has 5 rings (SSSR count). The Balaban J connectivity index is 1.23. The van der Waals surface area contributed by atoms with E-state index in [4.69, 9.17) is 0 Å². The molecule has 2 aromatic carbocycles. The highest BCUT2D eigenvalue weighted by molar-refractivity contribution is 5.94. The summed E-state index contributed by atoms with van der Waals surface area (Å²) in [4.78, 5) is 19.7. The number of piperidine rings is 1. The molecule has 0 unspecified atom stereocenters. The molecule has 0 bridgehead atoms. The van der Waals surface area contributed by atoms with Crippen LogP contribution >= 0.6 is 0 Å². The Morgan fingerprint density at radius 3 is 2.50 bits per heavy atom. The molecule has 36 heavy (non-hydrogen) atoms. The maximum absolute atomic E-state index is 15.0. The van der Waals surface area contributed by atoms with Gasteiger partial charge in [-0.3, -0.25) is 9.20 Å². The van der Waals surface area contributed by atoms with Gasteiger partial charge in [-0.2, -0.15) is 0 Å². The number of nitrogens with zero attached hydrogens (tertiary/aromatic N) is 3. The average Bonchev–Trinajstić information content (AvgIpc) is 3.26. The third kappa shape index (κ3) is 4.83.